The van der Waals surface area contributed by atoms with E-state index in [1.54, 1.807) is 24.3 Å². The lowest BCUT2D eigenvalue weighted by Crippen LogP contribution is -2.15. The van der Waals surface area contributed by atoms with Crippen molar-refractivity contribution in [1.82, 2.24) is 0 Å². The summed E-state index contributed by atoms with van der Waals surface area (Å²) in [5, 5.41) is 2.65. The molecule has 0 fully saturated rings. The number of esters is 2. The van der Waals surface area contributed by atoms with Crippen LogP contribution in [-0.4, -0.2) is 25.0 Å². The number of ether oxygens (including phenoxy) is 2. The first-order valence-corrected chi connectivity index (χ1v) is 6.78. The number of hydrogen-bond donors (Lipinski definition) is 1. The maximum absolute atomic E-state index is 12.2. The van der Waals surface area contributed by atoms with E-state index in [4.69, 9.17) is 4.74 Å². The Morgan fingerprint density at radius 1 is 0.957 bits per heavy atom. The third-order valence-corrected chi connectivity index (χ3v) is 2.96. The molecule has 0 spiro atoms. The van der Waals surface area contributed by atoms with Crippen LogP contribution in [0.1, 0.15) is 27.6 Å². The Kier molecular flexibility index (Phi) is 5.09. The van der Waals surface area contributed by atoms with Gasteiger partial charge in [0.05, 0.1) is 18.4 Å². The minimum atomic E-state index is -0.536. The first kappa shape index (κ1) is 16.2. The van der Waals surface area contributed by atoms with Gasteiger partial charge >= 0.3 is 11.9 Å². The molecule has 0 radical (unpaired) electrons. The van der Waals surface area contributed by atoms with Crippen LogP contribution in [0.3, 0.4) is 0 Å². The van der Waals surface area contributed by atoms with Gasteiger partial charge in [-0.3, -0.25) is 9.59 Å². The maximum Gasteiger partial charge on any atom is 0.339 e. The van der Waals surface area contributed by atoms with Crippen LogP contribution in [0.4, 0.5) is 5.69 Å². The van der Waals surface area contributed by atoms with E-state index in [2.05, 4.69) is 10.1 Å². The van der Waals surface area contributed by atoms with Crippen molar-refractivity contribution in [2.75, 3.05) is 12.4 Å². The third kappa shape index (κ3) is 4.16. The molecule has 0 aliphatic carbocycles. The second-order valence-corrected chi connectivity index (χ2v) is 4.61. The summed E-state index contributed by atoms with van der Waals surface area (Å²) in [6.45, 7) is 1.30. The van der Waals surface area contributed by atoms with Gasteiger partial charge in [0.2, 0.25) is 0 Å². The topological polar surface area (TPSA) is 81.7 Å². The van der Waals surface area contributed by atoms with Crippen LogP contribution in [0.15, 0.2) is 48.5 Å². The molecular formula is C17H15NO5. The van der Waals surface area contributed by atoms with E-state index in [-0.39, 0.29) is 5.56 Å². The molecule has 2 rings (SSSR count). The van der Waals surface area contributed by atoms with E-state index in [1.807, 2.05) is 0 Å². The number of carbonyl (C=O) groups excluding carboxylic acids is 3. The lowest BCUT2D eigenvalue weighted by Gasteiger charge is -2.10. The van der Waals surface area contributed by atoms with Crippen molar-refractivity contribution in [3.8, 4) is 5.75 Å². The Morgan fingerprint density at radius 3 is 2.22 bits per heavy atom. The molecule has 118 valence electrons. The summed E-state index contributed by atoms with van der Waals surface area (Å²) in [5.41, 5.74) is 0.980. The average molecular weight is 313 g/mol. The minimum absolute atomic E-state index is 0.264. The fraction of sp³-hybridized carbons (Fsp3) is 0.118. The summed E-state index contributed by atoms with van der Waals surface area (Å²) in [5.74, 6) is -1.01. The van der Waals surface area contributed by atoms with E-state index in [0.29, 0.717) is 17.0 Å². The number of para-hydroxylation sites is 1. The van der Waals surface area contributed by atoms with Gasteiger partial charge in [-0.25, -0.2) is 4.79 Å². The van der Waals surface area contributed by atoms with Crippen molar-refractivity contribution in [2.45, 2.75) is 6.92 Å². The summed E-state index contributed by atoms with van der Waals surface area (Å²) in [4.78, 5) is 34.8. The molecule has 0 saturated carbocycles. The Bertz CT molecular complexity index is 737. The predicted molar refractivity (Wildman–Crippen MR) is 83.5 cm³/mol. The molecule has 23 heavy (non-hydrogen) atoms. The third-order valence-electron chi connectivity index (χ3n) is 2.96. The zero-order valence-electron chi connectivity index (χ0n) is 12.7. The Labute approximate surface area is 133 Å². The molecule has 0 bridgehead atoms. The van der Waals surface area contributed by atoms with Gasteiger partial charge in [0.25, 0.3) is 5.91 Å². The van der Waals surface area contributed by atoms with Crippen molar-refractivity contribution in [3.05, 3.63) is 59.7 Å². The molecule has 6 heteroatoms. The SMILES string of the molecule is COC(=O)c1ccccc1NC(=O)c1ccc(OC(C)=O)cc1. The second kappa shape index (κ2) is 7.22. The van der Waals surface area contributed by atoms with Crippen molar-refractivity contribution < 1.29 is 23.9 Å². The van der Waals surface area contributed by atoms with Gasteiger partial charge in [-0.2, -0.15) is 0 Å². The van der Waals surface area contributed by atoms with Gasteiger partial charge in [0, 0.05) is 12.5 Å². The summed E-state index contributed by atoms with van der Waals surface area (Å²) < 4.78 is 9.58. The van der Waals surface area contributed by atoms with Crippen LogP contribution in [0.25, 0.3) is 0 Å². The molecule has 0 heterocycles. The molecule has 0 atom stereocenters. The summed E-state index contributed by atoms with van der Waals surface area (Å²) in [6, 6.07) is 12.6. The number of hydrogen-bond acceptors (Lipinski definition) is 5. The fourth-order valence-corrected chi connectivity index (χ4v) is 1.91. The molecule has 0 unspecified atom stereocenters. The van der Waals surface area contributed by atoms with Gasteiger partial charge in [-0.15, -0.1) is 0 Å². The van der Waals surface area contributed by atoms with E-state index in [1.165, 1.54) is 38.3 Å². The number of methoxy groups -OCH3 is 1. The first-order chi connectivity index (χ1) is 11.0. The lowest BCUT2D eigenvalue weighted by molar-refractivity contribution is -0.131. The highest BCUT2D eigenvalue weighted by molar-refractivity contribution is 6.08. The van der Waals surface area contributed by atoms with Gasteiger partial charge in [-0.1, -0.05) is 12.1 Å². The van der Waals surface area contributed by atoms with Gasteiger partial charge in [0.1, 0.15) is 5.75 Å². The molecule has 1 N–H and O–H groups in total. The number of rotatable bonds is 4. The quantitative estimate of drug-likeness (QED) is 0.693. The predicted octanol–water partition coefficient (Wildman–Crippen LogP) is 2.65. The largest absolute Gasteiger partial charge is 0.465 e. The van der Waals surface area contributed by atoms with Crippen LogP contribution in [-0.2, 0) is 9.53 Å². The van der Waals surface area contributed by atoms with Crippen molar-refractivity contribution in [3.63, 3.8) is 0 Å². The molecule has 0 aromatic heterocycles. The van der Waals surface area contributed by atoms with Crippen LogP contribution in [0.5, 0.6) is 5.75 Å². The van der Waals surface area contributed by atoms with Crippen LogP contribution < -0.4 is 10.1 Å². The molecule has 2 aromatic carbocycles. The van der Waals surface area contributed by atoms with E-state index < -0.39 is 17.8 Å². The van der Waals surface area contributed by atoms with Crippen molar-refractivity contribution >= 4 is 23.5 Å². The van der Waals surface area contributed by atoms with E-state index in [0.717, 1.165) is 0 Å². The molecule has 1 amide bonds. The summed E-state index contributed by atoms with van der Waals surface area (Å²) in [6.07, 6.45) is 0. The minimum Gasteiger partial charge on any atom is -0.465 e. The smallest absolute Gasteiger partial charge is 0.339 e. The molecule has 6 nitrogen and oxygen atoms in total. The van der Waals surface area contributed by atoms with Gasteiger partial charge < -0.3 is 14.8 Å². The van der Waals surface area contributed by atoms with Crippen LogP contribution >= 0.6 is 0 Å². The number of carbonyl (C=O) groups is 3. The number of benzene rings is 2. The van der Waals surface area contributed by atoms with Gasteiger partial charge in [-0.05, 0) is 36.4 Å². The number of anilines is 1. The summed E-state index contributed by atoms with van der Waals surface area (Å²) in [7, 11) is 1.27. The zero-order chi connectivity index (χ0) is 16.8. The average Bonchev–Trinajstić information content (AvgIpc) is 2.54. The van der Waals surface area contributed by atoms with Crippen LogP contribution in [0.2, 0.25) is 0 Å². The Balaban J connectivity index is 2.16. The summed E-state index contributed by atoms with van der Waals surface area (Å²) >= 11 is 0. The normalized spacial score (nSPS) is 9.83. The van der Waals surface area contributed by atoms with Crippen molar-refractivity contribution in [2.24, 2.45) is 0 Å². The second-order valence-electron chi connectivity index (χ2n) is 4.61. The molecule has 0 aliphatic rings. The zero-order valence-corrected chi connectivity index (χ0v) is 12.7. The number of nitrogens with one attached hydrogen (secondary N) is 1. The molecule has 0 aliphatic heterocycles. The van der Waals surface area contributed by atoms with Crippen LogP contribution in [0, 0.1) is 0 Å². The van der Waals surface area contributed by atoms with Gasteiger partial charge in [0.15, 0.2) is 0 Å². The first-order valence-electron chi connectivity index (χ1n) is 6.78. The monoisotopic (exact) mass is 313 g/mol. The van der Waals surface area contributed by atoms with E-state index in [9.17, 15) is 14.4 Å². The lowest BCUT2D eigenvalue weighted by atomic mass is 10.1. The maximum atomic E-state index is 12.2. The van der Waals surface area contributed by atoms with Crippen molar-refractivity contribution in [1.29, 1.82) is 0 Å². The Morgan fingerprint density at radius 2 is 1.61 bits per heavy atom. The van der Waals surface area contributed by atoms with E-state index >= 15 is 0 Å². The molecule has 0 saturated heterocycles. The highest BCUT2D eigenvalue weighted by Gasteiger charge is 2.14. The molecular weight excluding hydrogens is 298 g/mol. The standard InChI is InChI=1S/C17H15NO5/c1-11(19)23-13-9-7-12(8-10-13)16(20)18-15-6-4-3-5-14(15)17(21)22-2/h3-10H,1-2H3,(H,18,20). The highest BCUT2D eigenvalue weighted by atomic mass is 16.5. The molecule has 2 aromatic rings. The Hall–Kier alpha value is -3.15. The highest BCUT2D eigenvalue weighted by Crippen LogP contribution is 2.18. The number of amides is 1. The fourth-order valence-electron chi connectivity index (χ4n) is 1.91.